The van der Waals surface area contributed by atoms with Crippen LogP contribution in [0.4, 0.5) is 0 Å². The number of sulfonamides is 1. The minimum absolute atomic E-state index is 0.0635. The van der Waals surface area contributed by atoms with Crippen molar-refractivity contribution >= 4 is 16.0 Å². The van der Waals surface area contributed by atoms with Crippen LogP contribution in [0.3, 0.4) is 0 Å². The average molecular weight is 285 g/mol. The standard InChI is InChI=1S/C13H19NO4S/c1-9-5-7-10(8-6-9)19(17,18)14-11(12(15)16)13(2,3)4/h5-8,11,14H,1-4H3,(H,15,16). The lowest BCUT2D eigenvalue weighted by molar-refractivity contribution is -0.141. The first-order valence-electron chi connectivity index (χ1n) is 5.86. The summed E-state index contributed by atoms with van der Waals surface area (Å²) in [4.78, 5) is 11.2. The van der Waals surface area contributed by atoms with Crippen LogP contribution in [-0.4, -0.2) is 25.5 Å². The van der Waals surface area contributed by atoms with Gasteiger partial charge in [-0.1, -0.05) is 38.5 Å². The predicted octanol–water partition coefficient (Wildman–Crippen LogP) is 1.77. The lowest BCUT2D eigenvalue weighted by Crippen LogP contribution is -2.48. The molecule has 106 valence electrons. The van der Waals surface area contributed by atoms with Gasteiger partial charge in [-0.15, -0.1) is 0 Å². The van der Waals surface area contributed by atoms with E-state index in [1.54, 1.807) is 32.9 Å². The molecule has 0 aliphatic rings. The van der Waals surface area contributed by atoms with Crippen LogP contribution in [0.25, 0.3) is 0 Å². The second-order valence-corrected chi connectivity index (χ2v) is 7.29. The van der Waals surface area contributed by atoms with E-state index in [0.717, 1.165) is 5.56 Å². The van der Waals surface area contributed by atoms with E-state index in [2.05, 4.69) is 4.72 Å². The number of carbonyl (C=O) groups is 1. The summed E-state index contributed by atoms with van der Waals surface area (Å²) in [7, 11) is -3.84. The van der Waals surface area contributed by atoms with Crippen LogP contribution in [0.2, 0.25) is 0 Å². The Morgan fingerprint density at radius 3 is 2.05 bits per heavy atom. The van der Waals surface area contributed by atoms with Crippen LogP contribution in [0.15, 0.2) is 29.2 Å². The molecule has 0 aromatic heterocycles. The largest absolute Gasteiger partial charge is 0.480 e. The molecule has 0 amide bonds. The molecule has 2 N–H and O–H groups in total. The summed E-state index contributed by atoms with van der Waals surface area (Å²) in [6, 6.07) is 5.07. The highest BCUT2D eigenvalue weighted by atomic mass is 32.2. The molecule has 0 bridgehead atoms. The predicted molar refractivity (Wildman–Crippen MR) is 72.4 cm³/mol. The Balaban J connectivity index is 3.08. The van der Waals surface area contributed by atoms with E-state index in [9.17, 15) is 13.2 Å². The zero-order valence-electron chi connectivity index (χ0n) is 11.5. The van der Waals surface area contributed by atoms with Crippen LogP contribution in [-0.2, 0) is 14.8 Å². The van der Waals surface area contributed by atoms with E-state index >= 15 is 0 Å². The summed E-state index contributed by atoms with van der Waals surface area (Å²) in [6.07, 6.45) is 0. The fourth-order valence-electron chi connectivity index (χ4n) is 1.54. The van der Waals surface area contributed by atoms with E-state index < -0.39 is 27.4 Å². The highest BCUT2D eigenvalue weighted by Crippen LogP contribution is 2.22. The molecule has 5 nitrogen and oxygen atoms in total. The first kappa shape index (κ1) is 15.7. The molecule has 1 unspecified atom stereocenters. The van der Waals surface area contributed by atoms with Gasteiger partial charge in [0.25, 0.3) is 0 Å². The lowest BCUT2D eigenvalue weighted by atomic mass is 9.88. The van der Waals surface area contributed by atoms with Gasteiger partial charge in [0.2, 0.25) is 10.0 Å². The fraction of sp³-hybridized carbons (Fsp3) is 0.462. The highest BCUT2D eigenvalue weighted by Gasteiger charge is 2.35. The van der Waals surface area contributed by atoms with Crippen molar-refractivity contribution in [2.45, 2.75) is 38.6 Å². The second kappa shape index (κ2) is 5.30. The number of carboxylic acids is 1. The second-order valence-electron chi connectivity index (χ2n) is 5.57. The zero-order valence-corrected chi connectivity index (χ0v) is 12.3. The van der Waals surface area contributed by atoms with Gasteiger partial charge in [-0.2, -0.15) is 4.72 Å². The van der Waals surface area contributed by atoms with E-state index in [-0.39, 0.29) is 4.90 Å². The van der Waals surface area contributed by atoms with Crippen molar-refractivity contribution < 1.29 is 18.3 Å². The van der Waals surface area contributed by atoms with Crippen molar-refractivity contribution in [1.82, 2.24) is 4.72 Å². The Labute approximate surface area is 113 Å². The maximum Gasteiger partial charge on any atom is 0.322 e. The maximum atomic E-state index is 12.1. The molecule has 0 radical (unpaired) electrons. The molecule has 0 saturated carbocycles. The van der Waals surface area contributed by atoms with Gasteiger partial charge < -0.3 is 5.11 Å². The molecule has 1 rings (SSSR count). The number of rotatable bonds is 4. The van der Waals surface area contributed by atoms with Gasteiger partial charge in [-0.05, 0) is 24.5 Å². The van der Waals surface area contributed by atoms with Gasteiger partial charge in [0.05, 0.1) is 4.90 Å². The molecule has 6 heteroatoms. The smallest absolute Gasteiger partial charge is 0.322 e. The minimum atomic E-state index is -3.84. The Hall–Kier alpha value is -1.40. The summed E-state index contributed by atoms with van der Waals surface area (Å²) in [6.45, 7) is 6.86. The molecule has 1 atom stereocenters. The maximum absolute atomic E-state index is 12.1. The Kier molecular flexibility index (Phi) is 4.37. The SMILES string of the molecule is Cc1ccc(S(=O)(=O)NC(C(=O)O)C(C)(C)C)cc1. The third-order valence-electron chi connectivity index (χ3n) is 2.72. The average Bonchev–Trinajstić information content (AvgIpc) is 2.24. The molecule has 0 fully saturated rings. The zero-order chi connectivity index (χ0) is 14.8. The number of nitrogens with one attached hydrogen (secondary N) is 1. The van der Waals surface area contributed by atoms with Crippen molar-refractivity contribution in [1.29, 1.82) is 0 Å². The molecule has 0 heterocycles. The van der Waals surface area contributed by atoms with Crippen molar-refractivity contribution in [2.24, 2.45) is 5.41 Å². The van der Waals surface area contributed by atoms with Crippen molar-refractivity contribution in [3.05, 3.63) is 29.8 Å². The van der Waals surface area contributed by atoms with Crippen LogP contribution in [0.1, 0.15) is 26.3 Å². The van der Waals surface area contributed by atoms with Gasteiger partial charge in [-0.25, -0.2) is 8.42 Å². The fourth-order valence-corrected chi connectivity index (χ4v) is 2.93. The van der Waals surface area contributed by atoms with Crippen LogP contribution in [0.5, 0.6) is 0 Å². The number of hydrogen-bond donors (Lipinski definition) is 2. The number of carboxylic acid groups (broad SMARTS) is 1. The molecule has 1 aromatic rings. The monoisotopic (exact) mass is 285 g/mol. The first-order valence-corrected chi connectivity index (χ1v) is 7.34. The summed E-state index contributed by atoms with van der Waals surface area (Å²) in [5.41, 5.74) is 0.216. The van der Waals surface area contributed by atoms with Crippen LogP contribution < -0.4 is 4.72 Å². The topological polar surface area (TPSA) is 83.5 Å². The Morgan fingerprint density at radius 1 is 1.21 bits per heavy atom. The molecule has 19 heavy (non-hydrogen) atoms. The Morgan fingerprint density at radius 2 is 1.68 bits per heavy atom. The van der Waals surface area contributed by atoms with Gasteiger partial charge >= 0.3 is 5.97 Å². The minimum Gasteiger partial charge on any atom is -0.480 e. The molecule has 0 aliphatic heterocycles. The van der Waals surface area contributed by atoms with Crippen molar-refractivity contribution in [3.63, 3.8) is 0 Å². The molecule has 1 aromatic carbocycles. The van der Waals surface area contributed by atoms with Crippen LogP contribution in [0, 0.1) is 12.3 Å². The number of hydrogen-bond acceptors (Lipinski definition) is 3. The van der Waals surface area contributed by atoms with Gasteiger partial charge in [-0.3, -0.25) is 4.79 Å². The van der Waals surface area contributed by atoms with E-state index in [1.807, 2.05) is 6.92 Å². The summed E-state index contributed by atoms with van der Waals surface area (Å²) in [5, 5.41) is 9.14. The number of benzene rings is 1. The van der Waals surface area contributed by atoms with E-state index in [4.69, 9.17) is 5.11 Å². The summed E-state index contributed by atoms with van der Waals surface area (Å²) < 4.78 is 26.5. The van der Waals surface area contributed by atoms with Crippen molar-refractivity contribution in [3.8, 4) is 0 Å². The Bertz CT molecular complexity index is 555. The van der Waals surface area contributed by atoms with E-state index in [0.29, 0.717) is 0 Å². The third kappa shape index (κ3) is 4.04. The van der Waals surface area contributed by atoms with Crippen LogP contribution >= 0.6 is 0 Å². The number of aryl methyl sites for hydroxylation is 1. The summed E-state index contributed by atoms with van der Waals surface area (Å²) >= 11 is 0. The van der Waals surface area contributed by atoms with E-state index in [1.165, 1.54) is 12.1 Å². The molecular formula is C13H19NO4S. The number of aliphatic carboxylic acids is 1. The summed E-state index contributed by atoms with van der Waals surface area (Å²) in [5.74, 6) is -1.19. The normalized spacial score (nSPS) is 14.1. The first-order chi connectivity index (χ1) is 8.54. The third-order valence-corrected chi connectivity index (χ3v) is 4.16. The molecule has 0 spiro atoms. The van der Waals surface area contributed by atoms with Crippen molar-refractivity contribution in [2.75, 3.05) is 0 Å². The van der Waals surface area contributed by atoms with Gasteiger partial charge in [0.15, 0.2) is 0 Å². The lowest BCUT2D eigenvalue weighted by Gasteiger charge is -2.27. The molecular weight excluding hydrogens is 266 g/mol. The molecule has 0 saturated heterocycles. The van der Waals surface area contributed by atoms with Gasteiger partial charge in [0, 0.05) is 0 Å². The van der Waals surface area contributed by atoms with Gasteiger partial charge in [0.1, 0.15) is 6.04 Å². The quantitative estimate of drug-likeness (QED) is 0.883. The molecule has 0 aliphatic carbocycles. The highest BCUT2D eigenvalue weighted by molar-refractivity contribution is 7.89.